The molecular formula is C15H30N2O2. The lowest BCUT2D eigenvalue weighted by molar-refractivity contribution is -0.136. The Morgan fingerprint density at radius 2 is 2.00 bits per heavy atom. The van der Waals surface area contributed by atoms with Gasteiger partial charge in [0.25, 0.3) is 0 Å². The fraction of sp³-hybridized carbons (Fsp3) is 0.933. The van der Waals surface area contributed by atoms with Gasteiger partial charge in [0.2, 0.25) is 5.91 Å². The van der Waals surface area contributed by atoms with Crippen molar-refractivity contribution in [3.8, 4) is 0 Å². The second-order valence-electron chi connectivity index (χ2n) is 5.75. The van der Waals surface area contributed by atoms with E-state index in [0.29, 0.717) is 13.0 Å². The van der Waals surface area contributed by atoms with E-state index in [0.717, 1.165) is 19.4 Å². The molecule has 19 heavy (non-hydrogen) atoms. The van der Waals surface area contributed by atoms with E-state index in [-0.39, 0.29) is 17.5 Å². The predicted molar refractivity (Wildman–Crippen MR) is 78.2 cm³/mol. The summed E-state index contributed by atoms with van der Waals surface area (Å²) in [4.78, 5) is 14.5. The van der Waals surface area contributed by atoms with Crippen LogP contribution in [-0.4, -0.2) is 49.7 Å². The number of amides is 1. The third-order valence-electron chi connectivity index (χ3n) is 4.43. The zero-order valence-corrected chi connectivity index (χ0v) is 13.0. The molecule has 0 heterocycles. The zero-order valence-electron chi connectivity index (χ0n) is 13.0. The molecule has 1 unspecified atom stereocenters. The van der Waals surface area contributed by atoms with Crippen molar-refractivity contribution in [2.75, 3.05) is 27.3 Å². The smallest absolute Gasteiger partial charge is 0.224 e. The first kappa shape index (κ1) is 16.4. The molecule has 1 aliphatic carbocycles. The summed E-state index contributed by atoms with van der Waals surface area (Å²) in [6, 6.07) is 0.153. The minimum atomic E-state index is 0.0234. The zero-order chi connectivity index (χ0) is 14.3. The van der Waals surface area contributed by atoms with Gasteiger partial charge in [-0.05, 0) is 33.7 Å². The normalized spacial score (nSPS) is 20.0. The molecule has 0 aromatic rings. The van der Waals surface area contributed by atoms with Crippen LogP contribution in [0.2, 0.25) is 0 Å². The molecule has 0 aromatic carbocycles. The summed E-state index contributed by atoms with van der Waals surface area (Å²) in [6.07, 6.45) is 6.61. The van der Waals surface area contributed by atoms with Crippen molar-refractivity contribution < 1.29 is 9.53 Å². The predicted octanol–water partition coefficient (Wildman–Crippen LogP) is 2.18. The molecule has 4 nitrogen and oxygen atoms in total. The first-order valence-electron chi connectivity index (χ1n) is 7.56. The van der Waals surface area contributed by atoms with Gasteiger partial charge in [0, 0.05) is 25.6 Å². The van der Waals surface area contributed by atoms with Crippen LogP contribution in [0.4, 0.5) is 0 Å². The van der Waals surface area contributed by atoms with E-state index in [4.69, 9.17) is 4.74 Å². The Morgan fingerprint density at radius 3 is 2.47 bits per heavy atom. The second kappa shape index (κ2) is 7.85. The fourth-order valence-electron chi connectivity index (χ4n) is 3.20. The molecule has 1 saturated carbocycles. The Balaban J connectivity index is 2.64. The topological polar surface area (TPSA) is 41.6 Å². The molecule has 112 valence electrons. The highest BCUT2D eigenvalue weighted by molar-refractivity contribution is 5.77. The molecule has 0 spiro atoms. The molecular weight excluding hydrogens is 240 g/mol. The van der Waals surface area contributed by atoms with Crippen molar-refractivity contribution >= 4 is 5.91 Å². The van der Waals surface area contributed by atoms with Gasteiger partial charge in [-0.2, -0.15) is 0 Å². The largest absolute Gasteiger partial charge is 0.383 e. The minimum Gasteiger partial charge on any atom is -0.383 e. The van der Waals surface area contributed by atoms with E-state index in [2.05, 4.69) is 12.2 Å². The van der Waals surface area contributed by atoms with Crippen LogP contribution < -0.4 is 5.32 Å². The average Bonchev–Trinajstić information content (AvgIpc) is 2.41. The number of carbonyl (C=O) groups is 1. The molecule has 0 aliphatic heterocycles. The molecule has 4 heteroatoms. The molecule has 0 saturated heterocycles. The maximum absolute atomic E-state index is 12.6. The number of hydrogen-bond acceptors (Lipinski definition) is 3. The number of nitrogens with zero attached hydrogens (tertiary/aromatic N) is 1. The molecule has 0 aromatic heterocycles. The number of hydrogen-bond donors (Lipinski definition) is 1. The summed E-state index contributed by atoms with van der Waals surface area (Å²) in [6.45, 7) is 5.45. The van der Waals surface area contributed by atoms with Crippen LogP contribution in [0.25, 0.3) is 0 Å². The minimum absolute atomic E-state index is 0.0234. The molecule has 1 N–H and O–H groups in total. The van der Waals surface area contributed by atoms with Crippen LogP contribution in [0, 0.1) is 0 Å². The highest BCUT2D eigenvalue weighted by atomic mass is 16.5. The summed E-state index contributed by atoms with van der Waals surface area (Å²) in [5.74, 6) is 0.253. The third-order valence-corrected chi connectivity index (χ3v) is 4.43. The first-order chi connectivity index (χ1) is 9.08. The second-order valence-corrected chi connectivity index (χ2v) is 5.75. The van der Waals surface area contributed by atoms with Gasteiger partial charge in [0.15, 0.2) is 0 Å². The van der Waals surface area contributed by atoms with E-state index >= 15 is 0 Å². The highest BCUT2D eigenvalue weighted by Crippen LogP contribution is 2.31. The third kappa shape index (κ3) is 4.46. The Morgan fingerprint density at radius 1 is 1.37 bits per heavy atom. The van der Waals surface area contributed by atoms with Gasteiger partial charge in [0.1, 0.15) is 0 Å². The van der Waals surface area contributed by atoms with E-state index in [1.54, 1.807) is 7.11 Å². The fourth-order valence-corrected chi connectivity index (χ4v) is 3.20. The number of rotatable bonds is 7. The van der Waals surface area contributed by atoms with Crippen molar-refractivity contribution in [1.29, 1.82) is 0 Å². The van der Waals surface area contributed by atoms with Gasteiger partial charge >= 0.3 is 0 Å². The van der Waals surface area contributed by atoms with E-state index in [1.807, 2.05) is 18.9 Å². The Bertz CT molecular complexity index is 275. The van der Waals surface area contributed by atoms with Crippen molar-refractivity contribution in [2.24, 2.45) is 0 Å². The lowest BCUT2D eigenvalue weighted by atomic mass is 9.79. The quantitative estimate of drug-likeness (QED) is 0.771. The standard InChI is InChI=1S/C15H30N2O2/c1-5-17(13(2)12-19-4)14(18)11-15(16-3)9-7-6-8-10-15/h13,16H,5-12H2,1-4H3. The number of likely N-dealkylation sites (N-methyl/N-ethyl adjacent to an activating group) is 1. The summed E-state index contributed by atoms with van der Waals surface area (Å²) in [7, 11) is 3.68. The van der Waals surface area contributed by atoms with Crippen molar-refractivity contribution in [2.45, 2.75) is 64.0 Å². The van der Waals surface area contributed by atoms with Crippen molar-refractivity contribution in [3.63, 3.8) is 0 Å². The molecule has 0 radical (unpaired) electrons. The maximum Gasteiger partial charge on any atom is 0.224 e. The summed E-state index contributed by atoms with van der Waals surface area (Å²) < 4.78 is 5.17. The summed E-state index contributed by atoms with van der Waals surface area (Å²) in [5, 5.41) is 3.42. The van der Waals surface area contributed by atoms with Gasteiger partial charge in [-0.1, -0.05) is 19.3 Å². The lowest BCUT2D eigenvalue weighted by Gasteiger charge is -2.39. The molecule has 1 aliphatic rings. The number of ether oxygens (including phenoxy) is 1. The monoisotopic (exact) mass is 270 g/mol. The SMILES string of the molecule is CCN(C(=O)CC1(NC)CCCCC1)C(C)COC. The van der Waals surface area contributed by atoms with Gasteiger partial charge in [0.05, 0.1) is 12.6 Å². The maximum atomic E-state index is 12.6. The van der Waals surface area contributed by atoms with Crippen LogP contribution in [0.1, 0.15) is 52.4 Å². The van der Waals surface area contributed by atoms with Crippen LogP contribution in [-0.2, 0) is 9.53 Å². The van der Waals surface area contributed by atoms with Gasteiger partial charge in [-0.25, -0.2) is 0 Å². The van der Waals surface area contributed by atoms with E-state index in [9.17, 15) is 4.79 Å². The number of nitrogens with one attached hydrogen (secondary N) is 1. The molecule has 0 bridgehead atoms. The van der Waals surface area contributed by atoms with Crippen molar-refractivity contribution in [1.82, 2.24) is 10.2 Å². The number of methoxy groups -OCH3 is 1. The Kier molecular flexibility index (Phi) is 6.80. The molecule has 1 amide bonds. The van der Waals surface area contributed by atoms with Crippen LogP contribution in [0.15, 0.2) is 0 Å². The van der Waals surface area contributed by atoms with Gasteiger partial charge in [-0.3, -0.25) is 4.79 Å². The molecule has 1 rings (SSSR count). The number of carbonyl (C=O) groups excluding carboxylic acids is 1. The highest BCUT2D eigenvalue weighted by Gasteiger charge is 2.34. The van der Waals surface area contributed by atoms with Crippen LogP contribution in [0.5, 0.6) is 0 Å². The van der Waals surface area contributed by atoms with Crippen LogP contribution in [0.3, 0.4) is 0 Å². The van der Waals surface area contributed by atoms with E-state index in [1.165, 1.54) is 19.3 Å². The Labute approximate surface area is 117 Å². The van der Waals surface area contributed by atoms with Gasteiger partial charge < -0.3 is 15.0 Å². The summed E-state index contributed by atoms with van der Waals surface area (Å²) >= 11 is 0. The Hall–Kier alpha value is -0.610. The average molecular weight is 270 g/mol. The lowest BCUT2D eigenvalue weighted by Crippen LogP contribution is -2.51. The summed E-state index contributed by atoms with van der Waals surface area (Å²) in [5.41, 5.74) is 0.0234. The first-order valence-corrected chi connectivity index (χ1v) is 7.56. The van der Waals surface area contributed by atoms with E-state index < -0.39 is 0 Å². The van der Waals surface area contributed by atoms with Crippen molar-refractivity contribution in [3.05, 3.63) is 0 Å². The molecule has 1 atom stereocenters. The molecule has 1 fully saturated rings. The van der Waals surface area contributed by atoms with Gasteiger partial charge in [-0.15, -0.1) is 0 Å². The van der Waals surface area contributed by atoms with Crippen LogP contribution >= 0.6 is 0 Å².